The number of nitrogens with zero attached hydrogens (tertiary/aromatic N) is 4. The van der Waals surface area contributed by atoms with Crippen LogP contribution in [0.25, 0.3) is 0 Å². The Bertz CT molecular complexity index is 665. The maximum absolute atomic E-state index is 12.5. The Morgan fingerprint density at radius 3 is 2.74 bits per heavy atom. The van der Waals surface area contributed by atoms with E-state index in [9.17, 15) is 9.59 Å². The van der Waals surface area contributed by atoms with Crippen molar-refractivity contribution in [3.05, 3.63) is 29.9 Å². The standard InChI is InChI=1S/C21H34N4O2/c1-5-7-8-11-23(17(3)6-2)12-9-10-21(27)24-13-14-25-19(18(4)26)15-22-20(25)16-24/h9-10,15,17H,5-8,11-14,16H2,1-4H3/b10-9+. The molecule has 0 radical (unpaired) electrons. The van der Waals surface area contributed by atoms with E-state index < -0.39 is 0 Å². The van der Waals surface area contributed by atoms with Crippen molar-refractivity contribution in [2.45, 2.75) is 72.5 Å². The smallest absolute Gasteiger partial charge is 0.246 e. The molecule has 1 atom stereocenters. The lowest BCUT2D eigenvalue weighted by molar-refractivity contribution is -0.127. The molecule has 0 fully saturated rings. The first-order valence-corrected chi connectivity index (χ1v) is 10.2. The van der Waals surface area contributed by atoms with E-state index in [-0.39, 0.29) is 11.7 Å². The van der Waals surface area contributed by atoms with E-state index in [4.69, 9.17) is 0 Å². The third-order valence-corrected chi connectivity index (χ3v) is 5.40. The van der Waals surface area contributed by atoms with Crippen molar-refractivity contribution in [2.75, 3.05) is 19.6 Å². The lowest BCUT2D eigenvalue weighted by Gasteiger charge is -2.28. The Morgan fingerprint density at radius 2 is 2.07 bits per heavy atom. The SMILES string of the molecule is CCCCCN(C/C=C/C(=O)N1CCn2c(C(C)=O)cnc2C1)C(C)CC. The second-order valence-electron chi connectivity index (χ2n) is 7.39. The number of aromatic nitrogens is 2. The van der Waals surface area contributed by atoms with E-state index in [0.717, 1.165) is 25.3 Å². The quantitative estimate of drug-likeness (QED) is 0.358. The molecule has 2 rings (SSSR count). The molecule has 1 amide bonds. The van der Waals surface area contributed by atoms with Crippen LogP contribution in [0.5, 0.6) is 0 Å². The van der Waals surface area contributed by atoms with E-state index >= 15 is 0 Å². The lowest BCUT2D eigenvalue weighted by atomic mass is 10.2. The largest absolute Gasteiger partial charge is 0.330 e. The molecule has 0 bridgehead atoms. The minimum Gasteiger partial charge on any atom is -0.330 e. The average molecular weight is 375 g/mol. The number of hydrogen-bond donors (Lipinski definition) is 0. The fraction of sp³-hybridized carbons (Fsp3) is 0.667. The molecule has 1 aromatic rings. The van der Waals surface area contributed by atoms with Gasteiger partial charge in [0, 0.05) is 38.7 Å². The highest BCUT2D eigenvalue weighted by Crippen LogP contribution is 2.15. The summed E-state index contributed by atoms with van der Waals surface area (Å²) in [6.45, 7) is 11.8. The zero-order chi connectivity index (χ0) is 19.8. The number of ketones is 1. The molecule has 0 aliphatic carbocycles. The van der Waals surface area contributed by atoms with Gasteiger partial charge in [-0.2, -0.15) is 0 Å². The topological polar surface area (TPSA) is 58.4 Å². The van der Waals surface area contributed by atoms with Crippen LogP contribution >= 0.6 is 0 Å². The number of fused-ring (bicyclic) bond motifs is 1. The molecule has 0 saturated carbocycles. The summed E-state index contributed by atoms with van der Waals surface area (Å²) in [5.41, 5.74) is 0.629. The van der Waals surface area contributed by atoms with Gasteiger partial charge < -0.3 is 9.47 Å². The van der Waals surface area contributed by atoms with Crippen LogP contribution in [0.1, 0.15) is 69.7 Å². The number of hydrogen-bond acceptors (Lipinski definition) is 4. The first-order chi connectivity index (χ1) is 13.0. The predicted octanol–water partition coefficient (Wildman–Crippen LogP) is 3.27. The van der Waals surface area contributed by atoms with Crippen molar-refractivity contribution < 1.29 is 9.59 Å². The Kier molecular flexibility index (Phi) is 8.23. The maximum Gasteiger partial charge on any atom is 0.246 e. The molecule has 1 aliphatic heterocycles. The van der Waals surface area contributed by atoms with Gasteiger partial charge in [-0.1, -0.05) is 32.8 Å². The molecule has 0 spiro atoms. The van der Waals surface area contributed by atoms with E-state index in [2.05, 4.69) is 30.7 Å². The van der Waals surface area contributed by atoms with E-state index in [0.29, 0.717) is 31.4 Å². The number of carbonyl (C=O) groups is 2. The Hall–Kier alpha value is -1.95. The normalized spacial score (nSPS) is 15.4. The summed E-state index contributed by atoms with van der Waals surface area (Å²) in [6, 6.07) is 0.522. The summed E-state index contributed by atoms with van der Waals surface area (Å²) < 4.78 is 1.92. The van der Waals surface area contributed by atoms with Crippen molar-refractivity contribution in [3.8, 4) is 0 Å². The maximum atomic E-state index is 12.5. The van der Waals surface area contributed by atoms with Gasteiger partial charge in [0.25, 0.3) is 0 Å². The molecule has 1 aliphatic rings. The molecule has 0 aromatic carbocycles. The molecule has 2 heterocycles. The fourth-order valence-corrected chi connectivity index (χ4v) is 3.44. The van der Waals surface area contributed by atoms with Gasteiger partial charge in [-0.15, -0.1) is 0 Å². The lowest BCUT2D eigenvalue weighted by Crippen LogP contribution is -2.38. The fourth-order valence-electron chi connectivity index (χ4n) is 3.44. The van der Waals surface area contributed by atoms with Crippen LogP contribution in [0.3, 0.4) is 0 Å². The van der Waals surface area contributed by atoms with Gasteiger partial charge in [-0.25, -0.2) is 4.98 Å². The minimum absolute atomic E-state index is 0.0154. The summed E-state index contributed by atoms with van der Waals surface area (Å²) in [6.07, 6.45) is 10.1. The number of carbonyl (C=O) groups excluding carboxylic acids is 2. The van der Waals surface area contributed by atoms with Crippen LogP contribution in [0.4, 0.5) is 0 Å². The monoisotopic (exact) mass is 374 g/mol. The van der Waals surface area contributed by atoms with Crippen molar-refractivity contribution in [1.82, 2.24) is 19.4 Å². The van der Waals surface area contributed by atoms with E-state index in [1.54, 1.807) is 24.1 Å². The van der Waals surface area contributed by atoms with Crippen molar-refractivity contribution >= 4 is 11.7 Å². The zero-order valence-corrected chi connectivity index (χ0v) is 17.3. The van der Waals surface area contributed by atoms with Crippen molar-refractivity contribution in [3.63, 3.8) is 0 Å². The molecular formula is C21H34N4O2. The first-order valence-electron chi connectivity index (χ1n) is 10.2. The zero-order valence-electron chi connectivity index (χ0n) is 17.3. The third-order valence-electron chi connectivity index (χ3n) is 5.40. The van der Waals surface area contributed by atoms with Crippen LogP contribution < -0.4 is 0 Å². The number of rotatable bonds is 10. The molecule has 6 nitrogen and oxygen atoms in total. The molecule has 6 heteroatoms. The average Bonchev–Trinajstić information content (AvgIpc) is 3.09. The second-order valence-corrected chi connectivity index (χ2v) is 7.39. The van der Waals surface area contributed by atoms with Gasteiger partial charge >= 0.3 is 0 Å². The van der Waals surface area contributed by atoms with Gasteiger partial charge in [0.05, 0.1) is 12.7 Å². The Balaban J connectivity index is 1.90. The Labute approximate surface area is 163 Å². The third kappa shape index (κ3) is 5.76. The second kappa shape index (κ2) is 10.4. The van der Waals surface area contributed by atoms with Crippen LogP contribution in [-0.4, -0.2) is 56.7 Å². The number of imidazole rings is 1. The summed E-state index contributed by atoms with van der Waals surface area (Å²) in [4.78, 5) is 32.7. The van der Waals surface area contributed by atoms with Crippen LogP contribution in [0.2, 0.25) is 0 Å². The Morgan fingerprint density at radius 1 is 1.30 bits per heavy atom. The summed E-state index contributed by atoms with van der Waals surface area (Å²) >= 11 is 0. The molecule has 150 valence electrons. The van der Waals surface area contributed by atoms with Gasteiger partial charge in [-0.3, -0.25) is 14.5 Å². The highest BCUT2D eigenvalue weighted by molar-refractivity contribution is 5.92. The summed E-state index contributed by atoms with van der Waals surface area (Å²) in [7, 11) is 0. The van der Waals surface area contributed by atoms with Gasteiger partial charge in [0.1, 0.15) is 11.5 Å². The molecule has 27 heavy (non-hydrogen) atoms. The van der Waals surface area contributed by atoms with Gasteiger partial charge in [-0.05, 0) is 26.3 Å². The van der Waals surface area contributed by atoms with Crippen LogP contribution in [0.15, 0.2) is 18.3 Å². The van der Waals surface area contributed by atoms with Crippen molar-refractivity contribution in [2.24, 2.45) is 0 Å². The first kappa shape index (κ1) is 21.4. The summed E-state index contributed by atoms with van der Waals surface area (Å²) in [5.74, 6) is 0.821. The molecule has 0 N–H and O–H groups in total. The number of unbranched alkanes of at least 4 members (excludes halogenated alkanes) is 2. The highest BCUT2D eigenvalue weighted by Gasteiger charge is 2.23. The van der Waals surface area contributed by atoms with Crippen LogP contribution in [-0.2, 0) is 17.9 Å². The molecule has 1 aromatic heterocycles. The summed E-state index contributed by atoms with van der Waals surface area (Å²) in [5, 5.41) is 0. The number of Topliss-reactive ketones (excluding diaryl/α,β-unsaturated/α-hetero) is 1. The molecular weight excluding hydrogens is 340 g/mol. The van der Waals surface area contributed by atoms with E-state index in [1.807, 2.05) is 10.6 Å². The molecule has 0 saturated heterocycles. The highest BCUT2D eigenvalue weighted by atomic mass is 16.2. The van der Waals surface area contributed by atoms with Gasteiger partial charge in [0.2, 0.25) is 5.91 Å². The van der Waals surface area contributed by atoms with Crippen LogP contribution in [0, 0.1) is 0 Å². The molecule has 1 unspecified atom stereocenters. The van der Waals surface area contributed by atoms with Gasteiger partial charge in [0.15, 0.2) is 5.78 Å². The number of amides is 1. The minimum atomic E-state index is 0.0154. The van der Waals surface area contributed by atoms with E-state index in [1.165, 1.54) is 19.3 Å². The predicted molar refractivity (Wildman–Crippen MR) is 108 cm³/mol. The van der Waals surface area contributed by atoms with Crippen molar-refractivity contribution in [1.29, 1.82) is 0 Å².